The van der Waals surface area contributed by atoms with Gasteiger partial charge in [0.25, 0.3) is 0 Å². The van der Waals surface area contributed by atoms with Gasteiger partial charge in [0.15, 0.2) is 0 Å². The van der Waals surface area contributed by atoms with E-state index in [0.717, 1.165) is 38.3 Å². The van der Waals surface area contributed by atoms with E-state index in [-0.39, 0.29) is 6.10 Å². The van der Waals surface area contributed by atoms with Crippen molar-refractivity contribution in [3.63, 3.8) is 0 Å². The van der Waals surface area contributed by atoms with Crippen molar-refractivity contribution in [3.05, 3.63) is 29.3 Å². The summed E-state index contributed by atoms with van der Waals surface area (Å²) in [7, 11) is 0. The number of rotatable bonds is 4. The maximum absolute atomic E-state index is 6.15. The predicted molar refractivity (Wildman–Crippen MR) is 82.5 cm³/mol. The van der Waals surface area contributed by atoms with Crippen molar-refractivity contribution in [1.29, 1.82) is 0 Å². The Balaban J connectivity index is 1.53. The molecule has 0 saturated carbocycles. The average Bonchev–Trinajstić information content (AvgIpc) is 3.02. The Morgan fingerprint density at radius 2 is 2.30 bits per heavy atom. The molecular formula is C16H23ClN2O. The van der Waals surface area contributed by atoms with E-state index in [1.165, 1.54) is 13.0 Å². The zero-order chi connectivity index (χ0) is 14.0. The first-order valence-corrected chi connectivity index (χ1v) is 7.87. The molecule has 0 aromatic heterocycles. The second-order valence-electron chi connectivity index (χ2n) is 6.43. The van der Waals surface area contributed by atoms with Gasteiger partial charge in [-0.25, -0.2) is 0 Å². The van der Waals surface area contributed by atoms with Gasteiger partial charge in [-0.15, -0.1) is 0 Å². The first kappa shape index (κ1) is 14.2. The van der Waals surface area contributed by atoms with E-state index in [1.807, 2.05) is 24.3 Å². The number of hydrogen-bond donors (Lipinski definition) is 1. The molecule has 110 valence electrons. The lowest BCUT2D eigenvalue weighted by Crippen LogP contribution is -2.37. The molecule has 0 amide bonds. The summed E-state index contributed by atoms with van der Waals surface area (Å²) in [4.78, 5) is 2.54. The maximum Gasteiger partial charge on any atom is 0.138 e. The predicted octanol–water partition coefficient (Wildman–Crippen LogP) is 2.79. The molecule has 4 heteroatoms. The fourth-order valence-electron chi connectivity index (χ4n) is 3.30. The third-order valence-electron chi connectivity index (χ3n) is 4.42. The molecule has 0 spiro atoms. The fraction of sp³-hybridized carbons (Fsp3) is 0.625. The fourth-order valence-corrected chi connectivity index (χ4v) is 3.48. The number of hydrogen-bond acceptors (Lipinski definition) is 3. The lowest BCUT2D eigenvalue weighted by molar-refractivity contribution is 0.169. The number of para-hydroxylation sites is 1. The Morgan fingerprint density at radius 1 is 1.45 bits per heavy atom. The van der Waals surface area contributed by atoms with Crippen LogP contribution in [-0.2, 0) is 0 Å². The van der Waals surface area contributed by atoms with E-state index in [4.69, 9.17) is 16.3 Å². The van der Waals surface area contributed by atoms with Gasteiger partial charge in [-0.3, -0.25) is 4.90 Å². The van der Waals surface area contributed by atoms with Crippen LogP contribution < -0.4 is 10.1 Å². The van der Waals surface area contributed by atoms with Crippen LogP contribution in [0.3, 0.4) is 0 Å². The summed E-state index contributed by atoms with van der Waals surface area (Å²) >= 11 is 6.15. The van der Waals surface area contributed by atoms with Gasteiger partial charge in [0.2, 0.25) is 0 Å². The SMILES string of the molecule is CC1(CN2CCC(Oc3ccccc3Cl)C2)CCNC1. The highest BCUT2D eigenvalue weighted by molar-refractivity contribution is 6.32. The standard InChI is InChI=1S/C16H23ClN2O/c1-16(7-8-18-11-16)12-19-9-6-13(10-19)20-15-5-3-2-4-14(15)17/h2-5,13,18H,6-12H2,1H3. The van der Waals surface area contributed by atoms with Crippen molar-refractivity contribution in [2.75, 3.05) is 32.7 Å². The molecule has 20 heavy (non-hydrogen) atoms. The minimum Gasteiger partial charge on any atom is -0.487 e. The monoisotopic (exact) mass is 294 g/mol. The van der Waals surface area contributed by atoms with Crippen molar-refractivity contribution in [3.8, 4) is 5.75 Å². The molecule has 1 N–H and O–H groups in total. The van der Waals surface area contributed by atoms with E-state index >= 15 is 0 Å². The van der Waals surface area contributed by atoms with Crippen molar-refractivity contribution in [1.82, 2.24) is 10.2 Å². The number of ether oxygens (including phenoxy) is 1. The van der Waals surface area contributed by atoms with Gasteiger partial charge in [-0.1, -0.05) is 30.7 Å². The molecule has 0 bridgehead atoms. The molecule has 2 fully saturated rings. The summed E-state index contributed by atoms with van der Waals surface area (Å²) in [5, 5.41) is 4.18. The number of likely N-dealkylation sites (tertiary alicyclic amines) is 1. The zero-order valence-corrected chi connectivity index (χ0v) is 12.8. The number of nitrogens with one attached hydrogen (secondary N) is 1. The number of benzene rings is 1. The third-order valence-corrected chi connectivity index (χ3v) is 4.73. The van der Waals surface area contributed by atoms with Crippen LogP contribution in [0.4, 0.5) is 0 Å². The van der Waals surface area contributed by atoms with Crippen molar-refractivity contribution < 1.29 is 4.74 Å². The number of nitrogens with zero attached hydrogens (tertiary/aromatic N) is 1. The first-order valence-electron chi connectivity index (χ1n) is 7.49. The minimum absolute atomic E-state index is 0.271. The lowest BCUT2D eigenvalue weighted by Gasteiger charge is -2.29. The van der Waals surface area contributed by atoms with Crippen molar-refractivity contribution in [2.24, 2.45) is 5.41 Å². The Bertz CT molecular complexity index is 460. The summed E-state index contributed by atoms with van der Waals surface area (Å²) < 4.78 is 6.04. The first-order chi connectivity index (χ1) is 9.65. The Kier molecular flexibility index (Phi) is 4.20. The molecule has 2 atom stereocenters. The summed E-state index contributed by atoms with van der Waals surface area (Å²) in [6.45, 7) is 7.99. The summed E-state index contributed by atoms with van der Waals surface area (Å²) in [5.74, 6) is 0.815. The van der Waals surface area contributed by atoms with Crippen LogP contribution in [0.25, 0.3) is 0 Å². The third kappa shape index (κ3) is 3.27. The highest BCUT2D eigenvalue weighted by atomic mass is 35.5. The number of halogens is 1. The molecule has 1 aromatic rings. The van der Waals surface area contributed by atoms with Gasteiger partial charge in [0.1, 0.15) is 11.9 Å². The molecule has 2 unspecified atom stereocenters. The average molecular weight is 295 g/mol. The van der Waals surface area contributed by atoms with Crippen LogP contribution in [0.1, 0.15) is 19.8 Å². The Hall–Kier alpha value is -0.770. The molecule has 2 aliphatic rings. The highest BCUT2D eigenvalue weighted by Gasteiger charge is 2.34. The van der Waals surface area contributed by atoms with E-state index in [9.17, 15) is 0 Å². The summed E-state index contributed by atoms with van der Waals surface area (Å²) in [6.07, 6.45) is 2.64. The van der Waals surface area contributed by atoms with Crippen molar-refractivity contribution >= 4 is 11.6 Å². The summed E-state index contributed by atoms with van der Waals surface area (Å²) in [5.41, 5.74) is 0.430. The molecule has 3 rings (SSSR count). The van der Waals surface area contributed by atoms with Crippen molar-refractivity contribution in [2.45, 2.75) is 25.9 Å². The minimum atomic E-state index is 0.271. The molecule has 1 aromatic carbocycles. The Labute approximate surface area is 126 Å². The maximum atomic E-state index is 6.15. The van der Waals surface area contributed by atoms with Gasteiger partial charge >= 0.3 is 0 Å². The molecule has 2 saturated heterocycles. The molecule has 2 aliphatic heterocycles. The van der Waals surface area contributed by atoms with E-state index in [0.29, 0.717) is 10.4 Å². The smallest absolute Gasteiger partial charge is 0.138 e. The lowest BCUT2D eigenvalue weighted by atomic mass is 9.89. The normalized spacial score (nSPS) is 30.8. The van der Waals surface area contributed by atoms with Gasteiger partial charge in [0.05, 0.1) is 5.02 Å². The second-order valence-corrected chi connectivity index (χ2v) is 6.84. The van der Waals surface area contributed by atoms with Crippen LogP contribution in [-0.4, -0.2) is 43.7 Å². The molecular weight excluding hydrogens is 272 g/mol. The Morgan fingerprint density at radius 3 is 3.05 bits per heavy atom. The van der Waals surface area contributed by atoms with Crippen LogP contribution in [0.5, 0.6) is 5.75 Å². The van der Waals surface area contributed by atoms with Crippen LogP contribution in [0, 0.1) is 5.41 Å². The second kappa shape index (κ2) is 5.92. The quantitative estimate of drug-likeness (QED) is 0.924. The summed E-state index contributed by atoms with van der Waals surface area (Å²) in [6, 6.07) is 7.74. The van der Waals surface area contributed by atoms with Gasteiger partial charge in [0, 0.05) is 26.2 Å². The molecule has 0 radical (unpaired) electrons. The highest BCUT2D eigenvalue weighted by Crippen LogP contribution is 2.30. The topological polar surface area (TPSA) is 24.5 Å². The zero-order valence-electron chi connectivity index (χ0n) is 12.1. The van der Waals surface area contributed by atoms with E-state index in [1.54, 1.807) is 0 Å². The van der Waals surface area contributed by atoms with Gasteiger partial charge in [-0.2, -0.15) is 0 Å². The molecule has 0 aliphatic carbocycles. The van der Waals surface area contributed by atoms with Gasteiger partial charge < -0.3 is 10.1 Å². The van der Waals surface area contributed by atoms with Crippen LogP contribution >= 0.6 is 11.6 Å². The molecule has 3 nitrogen and oxygen atoms in total. The van der Waals surface area contributed by atoms with Gasteiger partial charge in [-0.05, 0) is 36.9 Å². The van der Waals surface area contributed by atoms with Crippen LogP contribution in [0.15, 0.2) is 24.3 Å². The molecule has 2 heterocycles. The van der Waals surface area contributed by atoms with E-state index in [2.05, 4.69) is 17.1 Å². The van der Waals surface area contributed by atoms with E-state index < -0.39 is 0 Å². The van der Waals surface area contributed by atoms with Crippen LogP contribution in [0.2, 0.25) is 5.02 Å². The largest absolute Gasteiger partial charge is 0.487 e.